The molecule has 1 aliphatic rings. The zero-order valence-corrected chi connectivity index (χ0v) is 17.9. The van der Waals surface area contributed by atoms with Crippen molar-refractivity contribution < 1.29 is 14.4 Å². The number of hydrogen-bond acceptors (Lipinski definition) is 5. The third-order valence-electron chi connectivity index (χ3n) is 5.82. The SMILES string of the molecule is CCN1CCC[C@@H](n2c(-c3cccc(C=CC(=O)NO)c3)nc(C)c2-c2ccco2)C1. The third-order valence-corrected chi connectivity index (χ3v) is 5.82. The number of likely N-dealkylation sites (tertiary alicyclic amines) is 1. The molecule has 7 nitrogen and oxygen atoms in total. The van der Waals surface area contributed by atoms with Gasteiger partial charge >= 0.3 is 0 Å². The van der Waals surface area contributed by atoms with Gasteiger partial charge in [0.25, 0.3) is 5.91 Å². The Morgan fingerprint density at radius 2 is 2.23 bits per heavy atom. The molecule has 1 fully saturated rings. The Kier molecular flexibility index (Phi) is 6.34. The lowest BCUT2D eigenvalue weighted by Crippen LogP contribution is -2.36. The molecule has 3 heterocycles. The van der Waals surface area contributed by atoms with E-state index in [1.807, 2.05) is 43.3 Å². The maximum atomic E-state index is 11.4. The third kappa shape index (κ3) is 4.47. The number of hydroxylamine groups is 1. The van der Waals surface area contributed by atoms with Crippen LogP contribution in [0.1, 0.15) is 37.1 Å². The summed E-state index contributed by atoms with van der Waals surface area (Å²) in [5, 5.41) is 8.71. The van der Waals surface area contributed by atoms with Crippen LogP contribution in [0.3, 0.4) is 0 Å². The van der Waals surface area contributed by atoms with E-state index in [0.29, 0.717) is 6.04 Å². The van der Waals surface area contributed by atoms with Gasteiger partial charge in [-0.1, -0.05) is 25.1 Å². The van der Waals surface area contributed by atoms with Crippen LogP contribution in [0.25, 0.3) is 28.9 Å². The van der Waals surface area contributed by atoms with Gasteiger partial charge in [0, 0.05) is 24.2 Å². The quantitative estimate of drug-likeness (QED) is 0.353. The predicted molar refractivity (Wildman–Crippen MR) is 119 cm³/mol. The average Bonchev–Trinajstić information content (AvgIpc) is 3.45. The van der Waals surface area contributed by atoms with Crippen molar-refractivity contribution in [3.63, 3.8) is 0 Å². The summed E-state index contributed by atoms with van der Waals surface area (Å²) in [5.41, 5.74) is 5.39. The number of furan rings is 1. The molecule has 0 bridgehead atoms. The van der Waals surface area contributed by atoms with Gasteiger partial charge in [-0.05, 0) is 62.7 Å². The molecule has 4 rings (SSSR count). The molecular weight excluding hydrogens is 392 g/mol. The Bertz CT molecular complexity index is 1070. The van der Waals surface area contributed by atoms with Gasteiger partial charge in [0.05, 0.1) is 12.0 Å². The van der Waals surface area contributed by atoms with E-state index in [2.05, 4.69) is 16.4 Å². The highest BCUT2D eigenvalue weighted by Crippen LogP contribution is 2.36. The molecule has 3 aromatic rings. The molecule has 1 aromatic carbocycles. The van der Waals surface area contributed by atoms with Crippen LogP contribution in [0.2, 0.25) is 0 Å². The predicted octanol–water partition coefficient (Wildman–Crippen LogP) is 4.29. The van der Waals surface area contributed by atoms with E-state index in [9.17, 15) is 4.79 Å². The first-order valence-electron chi connectivity index (χ1n) is 10.7. The van der Waals surface area contributed by atoms with E-state index in [1.165, 1.54) is 6.08 Å². The van der Waals surface area contributed by atoms with Gasteiger partial charge in [-0.2, -0.15) is 0 Å². The molecule has 0 spiro atoms. The summed E-state index contributed by atoms with van der Waals surface area (Å²) >= 11 is 0. The van der Waals surface area contributed by atoms with Gasteiger partial charge in [-0.3, -0.25) is 10.0 Å². The highest BCUT2D eigenvalue weighted by Gasteiger charge is 2.28. The molecule has 0 aliphatic carbocycles. The summed E-state index contributed by atoms with van der Waals surface area (Å²) in [4.78, 5) is 18.8. The smallest absolute Gasteiger partial charge is 0.267 e. The fourth-order valence-electron chi connectivity index (χ4n) is 4.34. The molecule has 0 unspecified atom stereocenters. The first-order valence-corrected chi connectivity index (χ1v) is 10.7. The average molecular weight is 421 g/mol. The second-order valence-electron chi connectivity index (χ2n) is 7.84. The zero-order valence-electron chi connectivity index (χ0n) is 17.9. The molecule has 1 aliphatic heterocycles. The van der Waals surface area contributed by atoms with Gasteiger partial charge in [-0.25, -0.2) is 10.5 Å². The molecule has 1 atom stereocenters. The number of carbonyl (C=O) groups excluding carboxylic acids is 1. The van der Waals surface area contributed by atoms with Gasteiger partial charge in [-0.15, -0.1) is 0 Å². The molecule has 2 N–H and O–H groups in total. The van der Waals surface area contributed by atoms with Crippen LogP contribution in [-0.4, -0.2) is 45.2 Å². The van der Waals surface area contributed by atoms with Gasteiger partial charge in [0.1, 0.15) is 11.5 Å². The largest absolute Gasteiger partial charge is 0.463 e. The first-order chi connectivity index (χ1) is 15.1. The number of amides is 1. The van der Waals surface area contributed by atoms with Gasteiger partial charge < -0.3 is 13.9 Å². The summed E-state index contributed by atoms with van der Waals surface area (Å²) in [7, 11) is 0. The first kappa shape index (κ1) is 21.1. The number of likely N-dealkylation sites (N-methyl/N-ethyl adjacent to an activating group) is 1. The lowest BCUT2D eigenvalue weighted by Gasteiger charge is -2.34. The topological polar surface area (TPSA) is 83.5 Å². The zero-order chi connectivity index (χ0) is 21.8. The van der Waals surface area contributed by atoms with Gasteiger partial charge in [0.2, 0.25) is 0 Å². The summed E-state index contributed by atoms with van der Waals surface area (Å²) in [6.45, 7) is 7.35. The highest BCUT2D eigenvalue weighted by molar-refractivity contribution is 5.91. The molecule has 162 valence electrons. The van der Waals surface area contributed by atoms with Crippen LogP contribution >= 0.6 is 0 Å². The fraction of sp³-hybridized carbons (Fsp3) is 0.333. The van der Waals surface area contributed by atoms with E-state index in [1.54, 1.807) is 17.8 Å². The Balaban J connectivity index is 1.81. The van der Waals surface area contributed by atoms with Gasteiger partial charge in [0.15, 0.2) is 5.76 Å². The van der Waals surface area contributed by atoms with Crippen molar-refractivity contribution in [3.8, 4) is 22.8 Å². The van der Waals surface area contributed by atoms with Crippen molar-refractivity contribution in [2.75, 3.05) is 19.6 Å². The maximum absolute atomic E-state index is 11.4. The number of aryl methyl sites for hydroxylation is 1. The van der Waals surface area contributed by atoms with E-state index in [-0.39, 0.29) is 0 Å². The Morgan fingerprint density at radius 3 is 2.97 bits per heavy atom. The minimum absolute atomic E-state index is 0.296. The molecule has 0 radical (unpaired) electrons. The van der Waals surface area contributed by atoms with Crippen LogP contribution in [0.5, 0.6) is 0 Å². The monoisotopic (exact) mass is 420 g/mol. The minimum atomic E-state index is -0.565. The number of nitrogens with one attached hydrogen (secondary N) is 1. The number of piperidine rings is 1. The second kappa shape index (κ2) is 9.32. The van der Waals surface area contributed by atoms with Crippen molar-refractivity contribution in [2.45, 2.75) is 32.7 Å². The minimum Gasteiger partial charge on any atom is -0.463 e. The normalized spacial score (nSPS) is 17.3. The van der Waals surface area contributed by atoms with Crippen molar-refractivity contribution in [1.29, 1.82) is 0 Å². The van der Waals surface area contributed by atoms with Crippen molar-refractivity contribution in [1.82, 2.24) is 19.9 Å². The number of benzene rings is 1. The molecule has 2 aromatic heterocycles. The van der Waals surface area contributed by atoms with Crippen molar-refractivity contribution >= 4 is 12.0 Å². The molecule has 7 heteroatoms. The molecular formula is C24H28N4O3. The van der Waals surface area contributed by atoms with E-state index in [0.717, 1.165) is 66.6 Å². The molecule has 1 saturated heterocycles. The van der Waals surface area contributed by atoms with Crippen LogP contribution in [-0.2, 0) is 4.79 Å². The summed E-state index contributed by atoms with van der Waals surface area (Å²) in [6, 6.07) is 12.1. The Labute approximate surface area is 182 Å². The van der Waals surface area contributed by atoms with E-state index >= 15 is 0 Å². The highest BCUT2D eigenvalue weighted by atomic mass is 16.5. The number of imidazole rings is 1. The summed E-state index contributed by atoms with van der Waals surface area (Å²) < 4.78 is 8.11. The van der Waals surface area contributed by atoms with Crippen LogP contribution in [0.15, 0.2) is 53.2 Å². The fourth-order valence-corrected chi connectivity index (χ4v) is 4.34. The van der Waals surface area contributed by atoms with E-state index < -0.39 is 5.91 Å². The number of nitrogens with zero attached hydrogens (tertiary/aromatic N) is 3. The summed E-state index contributed by atoms with van der Waals surface area (Å²) in [6.07, 6.45) is 6.89. The molecule has 31 heavy (non-hydrogen) atoms. The molecule has 0 saturated carbocycles. The van der Waals surface area contributed by atoms with Crippen LogP contribution < -0.4 is 5.48 Å². The maximum Gasteiger partial charge on any atom is 0.267 e. The lowest BCUT2D eigenvalue weighted by molar-refractivity contribution is -0.124. The summed E-state index contributed by atoms with van der Waals surface area (Å²) in [5.74, 6) is 1.15. The van der Waals surface area contributed by atoms with Crippen LogP contribution in [0.4, 0.5) is 0 Å². The van der Waals surface area contributed by atoms with Crippen molar-refractivity contribution in [2.24, 2.45) is 0 Å². The van der Waals surface area contributed by atoms with Crippen LogP contribution in [0, 0.1) is 6.92 Å². The Hall–Kier alpha value is -3.16. The lowest BCUT2D eigenvalue weighted by atomic mass is 10.0. The molecule has 1 amide bonds. The number of carbonyl (C=O) groups is 1. The standard InChI is InChI=1S/C24H28N4O3/c1-3-27-13-5-9-20(16-27)28-23(21-10-6-14-31-21)17(2)25-24(28)19-8-4-7-18(15-19)11-12-22(29)26-30/h4,6-8,10-12,14-15,20,30H,3,5,9,13,16H2,1-2H3,(H,26,29)/t20-/m1/s1. The number of hydrogen-bond donors (Lipinski definition) is 2. The Morgan fingerprint density at radius 1 is 1.35 bits per heavy atom. The number of rotatable bonds is 6. The second-order valence-corrected chi connectivity index (χ2v) is 7.84. The van der Waals surface area contributed by atoms with E-state index in [4.69, 9.17) is 14.6 Å². The van der Waals surface area contributed by atoms with Crippen molar-refractivity contribution in [3.05, 3.63) is 60.0 Å². The number of aromatic nitrogens is 2.